The van der Waals surface area contributed by atoms with Gasteiger partial charge in [-0.15, -0.1) is 0 Å². The van der Waals surface area contributed by atoms with Gasteiger partial charge in [-0.3, -0.25) is 9.59 Å². The zero-order chi connectivity index (χ0) is 13.3. The fourth-order valence-corrected chi connectivity index (χ4v) is 1.08. The highest BCUT2D eigenvalue weighted by Crippen LogP contribution is 1.87. The summed E-state index contributed by atoms with van der Waals surface area (Å²) in [6.45, 7) is 9.41. The van der Waals surface area contributed by atoms with Crippen molar-refractivity contribution in [3.8, 4) is 0 Å². The molecule has 0 rings (SSSR count). The van der Waals surface area contributed by atoms with Crippen molar-refractivity contribution in [1.82, 2.24) is 16.0 Å². The van der Waals surface area contributed by atoms with Crippen LogP contribution in [-0.2, 0) is 9.59 Å². The molecule has 0 atom stereocenters. The van der Waals surface area contributed by atoms with E-state index in [2.05, 4.69) is 16.0 Å². The summed E-state index contributed by atoms with van der Waals surface area (Å²) in [6.07, 6.45) is 0.333. The molecule has 5 heteroatoms. The second-order valence-electron chi connectivity index (χ2n) is 4.83. The molecular formula is C12H25N3O2. The minimum absolute atomic E-state index is 0.0178. The van der Waals surface area contributed by atoms with Crippen molar-refractivity contribution in [2.75, 3.05) is 19.6 Å². The van der Waals surface area contributed by atoms with E-state index in [1.54, 1.807) is 0 Å². The Balaban J connectivity index is 3.49. The van der Waals surface area contributed by atoms with Crippen LogP contribution >= 0.6 is 0 Å². The molecule has 5 nitrogen and oxygen atoms in total. The molecule has 0 saturated heterocycles. The zero-order valence-corrected chi connectivity index (χ0v) is 11.3. The first kappa shape index (κ1) is 15.9. The highest BCUT2D eigenvalue weighted by molar-refractivity contribution is 5.80. The third-order valence-electron chi connectivity index (χ3n) is 2.05. The van der Waals surface area contributed by atoms with Crippen LogP contribution in [0.25, 0.3) is 0 Å². The van der Waals surface area contributed by atoms with Gasteiger partial charge in [0, 0.05) is 25.6 Å². The van der Waals surface area contributed by atoms with Gasteiger partial charge in [-0.1, -0.05) is 27.7 Å². The molecule has 0 aliphatic heterocycles. The number of hydrogen-bond acceptors (Lipinski definition) is 3. The normalized spacial score (nSPS) is 10.7. The predicted octanol–water partition coefficient (Wildman–Crippen LogP) is 0.263. The molecule has 0 aromatic rings. The number of rotatable bonds is 8. The van der Waals surface area contributed by atoms with Gasteiger partial charge in [-0.05, 0) is 5.92 Å². The molecule has 0 spiro atoms. The highest BCUT2D eigenvalue weighted by Gasteiger charge is 2.04. The summed E-state index contributed by atoms with van der Waals surface area (Å²) in [4.78, 5) is 22.6. The van der Waals surface area contributed by atoms with E-state index >= 15 is 0 Å². The lowest BCUT2D eigenvalue weighted by molar-refractivity contribution is -0.122. The Kier molecular flexibility index (Phi) is 8.40. The van der Waals surface area contributed by atoms with Crippen molar-refractivity contribution in [2.45, 2.75) is 40.2 Å². The molecule has 0 radical (unpaired) electrons. The van der Waals surface area contributed by atoms with Crippen LogP contribution < -0.4 is 16.0 Å². The first-order valence-corrected chi connectivity index (χ1v) is 6.18. The number of carbonyl (C=O) groups excluding carboxylic acids is 2. The number of carbonyl (C=O) groups is 2. The van der Waals surface area contributed by atoms with Gasteiger partial charge in [0.05, 0.1) is 6.54 Å². The SMILES string of the molecule is CC(C)CNC(=O)CCNC(=O)CNC(C)C. The molecule has 0 bridgehead atoms. The van der Waals surface area contributed by atoms with Crippen molar-refractivity contribution in [3.63, 3.8) is 0 Å². The van der Waals surface area contributed by atoms with Crippen LogP contribution in [0.5, 0.6) is 0 Å². The molecule has 0 unspecified atom stereocenters. The average molecular weight is 243 g/mol. The summed E-state index contributed by atoms with van der Waals surface area (Å²) in [5.41, 5.74) is 0. The third-order valence-corrected chi connectivity index (χ3v) is 2.05. The van der Waals surface area contributed by atoms with Crippen molar-refractivity contribution in [1.29, 1.82) is 0 Å². The van der Waals surface area contributed by atoms with Crippen LogP contribution in [0, 0.1) is 5.92 Å². The van der Waals surface area contributed by atoms with Gasteiger partial charge >= 0.3 is 0 Å². The Hall–Kier alpha value is -1.10. The maximum atomic E-state index is 11.3. The van der Waals surface area contributed by atoms with Gasteiger partial charge in [0.2, 0.25) is 11.8 Å². The lowest BCUT2D eigenvalue weighted by Gasteiger charge is -2.10. The molecule has 0 aromatic heterocycles. The quantitative estimate of drug-likeness (QED) is 0.573. The molecule has 2 amide bonds. The number of hydrogen-bond donors (Lipinski definition) is 3. The van der Waals surface area contributed by atoms with Crippen molar-refractivity contribution in [3.05, 3.63) is 0 Å². The van der Waals surface area contributed by atoms with E-state index in [-0.39, 0.29) is 17.9 Å². The third kappa shape index (κ3) is 11.2. The Bertz CT molecular complexity index is 216. The molecular weight excluding hydrogens is 218 g/mol. The van der Waals surface area contributed by atoms with Crippen LogP contribution in [0.4, 0.5) is 0 Å². The van der Waals surface area contributed by atoms with E-state index in [0.29, 0.717) is 32.0 Å². The lowest BCUT2D eigenvalue weighted by atomic mass is 10.2. The summed E-state index contributed by atoms with van der Waals surface area (Å²) in [5.74, 6) is 0.356. The fraction of sp³-hybridized carbons (Fsp3) is 0.833. The molecule has 100 valence electrons. The summed E-state index contributed by atoms with van der Waals surface area (Å²) in [6, 6.07) is 0.287. The minimum Gasteiger partial charge on any atom is -0.356 e. The summed E-state index contributed by atoms with van der Waals surface area (Å²) >= 11 is 0. The van der Waals surface area contributed by atoms with Crippen molar-refractivity contribution < 1.29 is 9.59 Å². The molecule has 0 aromatic carbocycles. The first-order chi connectivity index (χ1) is 7.91. The van der Waals surface area contributed by atoms with Crippen LogP contribution in [0.2, 0.25) is 0 Å². The Morgan fingerprint density at radius 3 is 2.18 bits per heavy atom. The second-order valence-corrected chi connectivity index (χ2v) is 4.83. The zero-order valence-electron chi connectivity index (χ0n) is 11.3. The van der Waals surface area contributed by atoms with E-state index < -0.39 is 0 Å². The van der Waals surface area contributed by atoms with E-state index in [1.807, 2.05) is 27.7 Å². The van der Waals surface area contributed by atoms with Crippen LogP contribution in [0.15, 0.2) is 0 Å². The molecule has 0 heterocycles. The second kappa shape index (κ2) is 8.98. The molecule has 17 heavy (non-hydrogen) atoms. The fourth-order valence-electron chi connectivity index (χ4n) is 1.08. The van der Waals surface area contributed by atoms with E-state index in [4.69, 9.17) is 0 Å². The average Bonchev–Trinajstić information content (AvgIpc) is 2.23. The first-order valence-electron chi connectivity index (χ1n) is 6.18. The molecule has 3 N–H and O–H groups in total. The predicted molar refractivity (Wildman–Crippen MR) is 68.6 cm³/mol. The van der Waals surface area contributed by atoms with E-state index in [9.17, 15) is 9.59 Å². The summed E-state index contributed by atoms with van der Waals surface area (Å²) in [5, 5.41) is 8.51. The Morgan fingerprint density at radius 2 is 1.65 bits per heavy atom. The van der Waals surface area contributed by atoms with E-state index in [1.165, 1.54) is 0 Å². The van der Waals surface area contributed by atoms with Crippen molar-refractivity contribution in [2.24, 2.45) is 5.92 Å². The maximum absolute atomic E-state index is 11.3. The largest absolute Gasteiger partial charge is 0.356 e. The summed E-state index contributed by atoms with van der Waals surface area (Å²) in [7, 11) is 0. The van der Waals surface area contributed by atoms with Gasteiger partial charge < -0.3 is 16.0 Å². The van der Waals surface area contributed by atoms with Gasteiger partial charge in [-0.25, -0.2) is 0 Å². The van der Waals surface area contributed by atoms with Crippen LogP contribution in [0.3, 0.4) is 0 Å². The Labute approximate surface area is 104 Å². The van der Waals surface area contributed by atoms with Gasteiger partial charge in [0.15, 0.2) is 0 Å². The standard InChI is InChI=1S/C12H25N3O2/c1-9(2)7-15-11(16)5-6-13-12(17)8-14-10(3)4/h9-10,14H,5-8H2,1-4H3,(H,13,17)(H,15,16). The molecule has 0 saturated carbocycles. The van der Waals surface area contributed by atoms with Crippen LogP contribution in [0.1, 0.15) is 34.1 Å². The smallest absolute Gasteiger partial charge is 0.233 e. The lowest BCUT2D eigenvalue weighted by Crippen LogP contribution is -2.38. The van der Waals surface area contributed by atoms with E-state index in [0.717, 1.165) is 0 Å². The van der Waals surface area contributed by atoms with Crippen LogP contribution in [-0.4, -0.2) is 37.5 Å². The number of amides is 2. The minimum atomic E-state index is -0.0737. The van der Waals surface area contributed by atoms with Gasteiger partial charge in [0.25, 0.3) is 0 Å². The topological polar surface area (TPSA) is 70.2 Å². The number of nitrogens with one attached hydrogen (secondary N) is 3. The Morgan fingerprint density at radius 1 is 1.00 bits per heavy atom. The van der Waals surface area contributed by atoms with Gasteiger partial charge in [-0.2, -0.15) is 0 Å². The molecule has 0 fully saturated rings. The highest BCUT2D eigenvalue weighted by atomic mass is 16.2. The van der Waals surface area contributed by atoms with Crippen molar-refractivity contribution >= 4 is 11.8 Å². The van der Waals surface area contributed by atoms with Gasteiger partial charge in [0.1, 0.15) is 0 Å². The summed E-state index contributed by atoms with van der Waals surface area (Å²) < 4.78 is 0. The molecule has 0 aliphatic rings. The molecule has 0 aliphatic carbocycles. The monoisotopic (exact) mass is 243 g/mol. The maximum Gasteiger partial charge on any atom is 0.233 e.